The van der Waals surface area contributed by atoms with Crippen molar-refractivity contribution in [3.8, 4) is 0 Å². The minimum atomic E-state index is -3.78. The molecule has 0 saturated carbocycles. The number of nitrogens with one attached hydrogen (secondary N) is 2. The number of rotatable bonds is 5. The molecule has 6 nitrogen and oxygen atoms in total. The van der Waals surface area contributed by atoms with Gasteiger partial charge in [0, 0.05) is 23.4 Å². The van der Waals surface area contributed by atoms with E-state index in [-0.39, 0.29) is 10.8 Å². The molecule has 106 valence electrons. The molecule has 2 aromatic heterocycles. The number of hydrogen-bond donors (Lipinski definition) is 2. The van der Waals surface area contributed by atoms with Crippen LogP contribution in [0.5, 0.6) is 0 Å². The highest BCUT2D eigenvalue weighted by atomic mass is 79.9. The number of sulfonamides is 1. The van der Waals surface area contributed by atoms with Crippen LogP contribution in [-0.4, -0.2) is 24.9 Å². The average Bonchev–Trinajstić information content (AvgIpc) is 2.42. The first-order valence-corrected chi connectivity index (χ1v) is 8.14. The van der Waals surface area contributed by atoms with Crippen molar-refractivity contribution in [1.29, 1.82) is 0 Å². The highest BCUT2D eigenvalue weighted by Crippen LogP contribution is 2.20. The van der Waals surface area contributed by atoms with E-state index in [1.807, 2.05) is 6.92 Å². The Morgan fingerprint density at radius 2 is 2.05 bits per heavy atom. The van der Waals surface area contributed by atoms with Crippen LogP contribution in [-0.2, 0) is 10.0 Å². The fraction of sp³-hybridized carbons (Fsp3) is 0.167. The lowest BCUT2D eigenvalue weighted by atomic mass is 10.4. The number of hydrogen-bond acceptors (Lipinski definition) is 5. The quantitative estimate of drug-likeness (QED) is 0.859. The Morgan fingerprint density at radius 3 is 2.70 bits per heavy atom. The first-order valence-electron chi connectivity index (χ1n) is 5.86. The standard InChI is InChI=1S/C12H13BrN4O2S/c1-2-14-10-4-3-7-15-12(10)20(18,19)17-11-6-5-9(13)8-16-11/h3-8,14H,2H2,1H3,(H,16,17). The smallest absolute Gasteiger partial charge is 0.282 e. The first-order chi connectivity index (χ1) is 9.53. The second-order valence-electron chi connectivity index (χ2n) is 3.85. The van der Waals surface area contributed by atoms with Crippen LogP contribution < -0.4 is 10.0 Å². The molecule has 0 saturated heterocycles. The van der Waals surface area contributed by atoms with Gasteiger partial charge >= 0.3 is 0 Å². The van der Waals surface area contributed by atoms with Crippen LogP contribution in [0.3, 0.4) is 0 Å². The molecule has 8 heteroatoms. The summed E-state index contributed by atoms with van der Waals surface area (Å²) in [6, 6.07) is 6.61. The third-order valence-corrected chi connectivity index (χ3v) is 4.14. The van der Waals surface area contributed by atoms with E-state index in [4.69, 9.17) is 0 Å². The van der Waals surface area contributed by atoms with Crippen LogP contribution in [0.4, 0.5) is 11.5 Å². The number of halogens is 1. The predicted molar refractivity (Wildman–Crippen MR) is 81.1 cm³/mol. The van der Waals surface area contributed by atoms with E-state index in [1.54, 1.807) is 24.3 Å². The molecular formula is C12H13BrN4O2S. The summed E-state index contributed by atoms with van der Waals surface area (Å²) < 4.78 is 27.8. The fourth-order valence-corrected chi connectivity index (χ4v) is 2.91. The van der Waals surface area contributed by atoms with Gasteiger partial charge in [0.2, 0.25) is 0 Å². The van der Waals surface area contributed by atoms with E-state index < -0.39 is 10.0 Å². The van der Waals surface area contributed by atoms with Gasteiger partial charge in [0.25, 0.3) is 10.0 Å². The lowest BCUT2D eigenvalue weighted by molar-refractivity contribution is 0.598. The summed E-state index contributed by atoms with van der Waals surface area (Å²) in [4.78, 5) is 7.91. The van der Waals surface area contributed by atoms with Crippen molar-refractivity contribution in [1.82, 2.24) is 9.97 Å². The van der Waals surface area contributed by atoms with Gasteiger partial charge in [0.15, 0.2) is 5.03 Å². The van der Waals surface area contributed by atoms with Crippen LogP contribution in [0.1, 0.15) is 6.92 Å². The molecule has 0 aliphatic heterocycles. The maximum atomic E-state index is 12.3. The third-order valence-electron chi connectivity index (χ3n) is 2.36. The molecule has 2 rings (SSSR count). The summed E-state index contributed by atoms with van der Waals surface area (Å²) in [6.07, 6.45) is 2.95. The summed E-state index contributed by atoms with van der Waals surface area (Å²) in [7, 11) is -3.78. The van der Waals surface area contributed by atoms with Crippen LogP contribution in [0, 0.1) is 0 Å². The van der Waals surface area contributed by atoms with E-state index in [1.165, 1.54) is 12.4 Å². The number of pyridine rings is 2. The van der Waals surface area contributed by atoms with E-state index >= 15 is 0 Å². The van der Waals surface area contributed by atoms with Crippen molar-refractivity contribution in [3.05, 3.63) is 41.1 Å². The van der Waals surface area contributed by atoms with E-state index in [0.29, 0.717) is 12.2 Å². The van der Waals surface area contributed by atoms with Gasteiger partial charge < -0.3 is 5.32 Å². The molecule has 0 spiro atoms. The summed E-state index contributed by atoms with van der Waals surface area (Å²) in [5.74, 6) is 0.237. The Bertz CT molecular complexity index is 689. The van der Waals surface area contributed by atoms with Gasteiger partial charge in [-0.05, 0) is 47.1 Å². The van der Waals surface area contributed by atoms with E-state index in [9.17, 15) is 8.42 Å². The maximum Gasteiger partial charge on any atom is 0.282 e. The molecule has 2 aromatic rings. The summed E-state index contributed by atoms with van der Waals surface area (Å²) in [6.45, 7) is 2.48. The van der Waals surface area contributed by atoms with Gasteiger partial charge in [-0.1, -0.05) is 0 Å². The van der Waals surface area contributed by atoms with E-state index in [0.717, 1.165) is 4.47 Å². The molecule has 0 fully saturated rings. The van der Waals surface area contributed by atoms with Crippen molar-refractivity contribution < 1.29 is 8.42 Å². The Labute approximate surface area is 125 Å². The van der Waals surface area contributed by atoms with Crippen LogP contribution in [0.2, 0.25) is 0 Å². The Morgan fingerprint density at radius 1 is 1.25 bits per heavy atom. The second kappa shape index (κ2) is 6.19. The maximum absolute atomic E-state index is 12.3. The van der Waals surface area contributed by atoms with Gasteiger partial charge in [-0.25, -0.2) is 9.97 Å². The zero-order valence-electron chi connectivity index (χ0n) is 10.7. The molecule has 0 aliphatic rings. The average molecular weight is 357 g/mol. The fourth-order valence-electron chi connectivity index (χ4n) is 1.55. The SMILES string of the molecule is CCNc1cccnc1S(=O)(=O)Nc1ccc(Br)cn1. The molecule has 0 amide bonds. The van der Waals surface area contributed by atoms with Crippen LogP contribution in [0.15, 0.2) is 46.2 Å². The van der Waals surface area contributed by atoms with Gasteiger partial charge in [-0.2, -0.15) is 8.42 Å². The van der Waals surface area contributed by atoms with Crippen molar-refractivity contribution >= 4 is 37.5 Å². The monoisotopic (exact) mass is 356 g/mol. The normalized spacial score (nSPS) is 11.1. The lowest BCUT2D eigenvalue weighted by Crippen LogP contribution is -2.17. The lowest BCUT2D eigenvalue weighted by Gasteiger charge is -2.11. The highest BCUT2D eigenvalue weighted by molar-refractivity contribution is 9.10. The number of aromatic nitrogens is 2. The Balaban J connectivity index is 2.33. The van der Waals surface area contributed by atoms with Crippen molar-refractivity contribution in [2.75, 3.05) is 16.6 Å². The number of anilines is 2. The molecule has 0 bridgehead atoms. The molecule has 0 unspecified atom stereocenters. The Hall–Kier alpha value is -1.67. The predicted octanol–water partition coefficient (Wildman–Crippen LogP) is 2.47. The van der Waals surface area contributed by atoms with Gasteiger partial charge in [0.05, 0.1) is 5.69 Å². The molecule has 20 heavy (non-hydrogen) atoms. The topological polar surface area (TPSA) is 84.0 Å². The van der Waals surface area contributed by atoms with Gasteiger partial charge in [-0.15, -0.1) is 0 Å². The summed E-state index contributed by atoms with van der Waals surface area (Å²) in [5.41, 5.74) is 0.458. The third kappa shape index (κ3) is 3.45. The first kappa shape index (κ1) is 14.7. The van der Waals surface area contributed by atoms with Crippen molar-refractivity contribution in [3.63, 3.8) is 0 Å². The second-order valence-corrected chi connectivity index (χ2v) is 6.37. The Kier molecular flexibility index (Phi) is 4.56. The highest BCUT2D eigenvalue weighted by Gasteiger charge is 2.20. The minimum absolute atomic E-state index is 0.0495. The molecular weight excluding hydrogens is 344 g/mol. The summed E-state index contributed by atoms with van der Waals surface area (Å²) in [5, 5.41) is 2.92. The van der Waals surface area contributed by atoms with Crippen LogP contribution in [0.25, 0.3) is 0 Å². The summed E-state index contributed by atoms with van der Waals surface area (Å²) >= 11 is 3.24. The molecule has 0 radical (unpaired) electrons. The largest absolute Gasteiger partial charge is 0.383 e. The van der Waals surface area contributed by atoms with Crippen LogP contribution >= 0.6 is 15.9 Å². The minimum Gasteiger partial charge on any atom is -0.383 e. The molecule has 0 atom stereocenters. The van der Waals surface area contributed by atoms with Crippen molar-refractivity contribution in [2.24, 2.45) is 0 Å². The molecule has 0 aliphatic carbocycles. The van der Waals surface area contributed by atoms with Gasteiger partial charge in [0.1, 0.15) is 5.82 Å². The molecule has 2 heterocycles. The van der Waals surface area contributed by atoms with Crippen molar-refractivity contribution in [2.45, 2.75) is 11.9 Å². The molecule has 0 aromatic carbocycles. The molecule has 2 N–H and O–H groups in total. The zero-order chi connectivity index (χ0) is 14.6. The number of nitrogens with zero attached hydrogens (tertiary/aromatic N) is 2. The van der Waals surface area contributed by atoms with Gasteiger partial charge in [-0.3, -0.25) is 4.72 Å². The zero-order valence-corrected chi connectivity index (χ0v) is 13.1. The van der Waals surface area contributed by atoms with E-state index in [2.05, 4.69) is 35.9 Å².